The van der Waals surface area contributed by atoms with Crippen LogP contribution >= 0.6 is 0 Å². The Kier molecular flexibility index (Phi) is 4.25. The van der Waals surface area contributed by atoms with E-state index < -0.39 is 5.60 Å². The molecule has 1 atom stereocenters. The second-order valence-electron chi connectivity index (χ2n) is 6.01. The normalized spacial score (nSPS) is 15.0. The summed E-state index contributed by atoms with van der Waals surface area (Å²) in [4.78, 5) is 7.51. The molecule has 0 spiro atoms. The maximum atomic E-state index is 10.8. The van der Waals surface area contributed by atoms with Crippen LogP contribution in [-0.4, -0.2) is 20.7 Å². The topological polar surface area (TPSA) is 48.9 Å². The average Bonchev–Trinajstić information content (AvgIpc) is 2.69. The predicted molar refractivity (Wildman–Crippen MR) is 79.1 cm³/mol. The SMILES string of the molecule is CCCC(O)(Cc1cc2cnccc2[nH]1)CC(C)C. The van der Waals surface area contributed by atoms with Gasteiger partial charge in [-0.2, -0.15) is 0 Å². The number of nitrogens with zero attached hydrogens (tertiary/aromatic N) is 1. The highest BCUT2D eigenvalue weighted by Crippen LogP contribution is 2.27. The van der Waals surface area contributed by atoms with Gasteiger partial charge < -0.3 is 10.1 Å². The lowest BCUT2D eigenvalue weighted by Gasteiger charge is -2.29. The molecule has 0 fully saturated rings. The van der Waals surface area contributed by atoms with Gasteiger partial charge in [0, 0.05) is 35.4 Å². The van der Waals surface area contributed by atoms with Gasteiger partial charge in [0.1, 0.15) is 0 Å². The highest BCUT2D eigenvalue weighted by Gasteiger charge is 2.28. The zero-order valence-electron chi connectivity index (χ0n) is 12.1. The fraction of sp³-hybridized carbons (Fsp3) is 0.562. The van der Waals surface area contributed by atoms with Crippen LogP contribution in [0.25, 0.3) is 10.9 Å². The smallest absolute Gasteiger partial charge is 0.0704 e. The standard InChI is InChI=1S/C16H24N2O/c1-4-6-16(19,9-12(2)3)10-14-8-13-11-17-7-5-15(13)18-14/h5,7-8,11-12,18-19H,4,6,9-10H2,1-3H3. The minimum Gasteiger partial charge on any atom is -0.389 e. The van der Waals surface area contributed by atoms with Crippen molar-refractivity contribution in [3.63, 3.8) is 0 Å². The number of aromatic amines is 1. The number of hydrogen-bond acceptors (Lipinski definition) is 2. The van der Waals surface area contributed by atoms with Crippen molar-refractivity contribution in [2.75, 3.05) is 0 Å². The van der Waals surface area contributed by atoms with Crippen LogP contribution in [0, 0.1) is 5.92 Å². The summed E-state index contributed by atoms with van der Waals surface area (Å²) in [5.41, 5.74) is 1.59. The zero-order chi connectivity index (χ0) is 13.9. The van der Waals surface area contributed by atoms with Crippen molar-refractivity contribution in [3.05, 3.63) is 30.2 Å². The van der Waals surface area contributed by atoms with E-state index in [0.29, 0.717) is 12.3 Å². The van der Waals surface area contributed by atoms with E-state index in [1.165, 1.54) is 0 Å². The first-order chi connectivity index (χ1) is 9.02. The first kappa shape index (κ1) is 14.1. The minimum absolute atomic E-state index is 0.502. The number of fused-ring (bicyclic) bond motifs is 1. The molecule has 0 aromatic carbocycles. The maximum Gasteiger partial charge on any atom is 0.0704 e. The Hall–Kier alpha value is -1.35. The fourth-order valence-corrected chi connectivity index (χ4v) is 2.97. The molecule has 0 amide bonds. The number of H-pyrrole nitrogens is 1. The molecule has 2 aromatic heterocycles. The Balaban J connectivity index is 2.20. The molecular weight excluding hydrogens is 236 g/mol. The van der Waals surface area contributed by atoms with Crippen molar-refractivity contribution in [1.29, 1.82) is 0 Å². The van der Waals surface area contributed by atoms with E-state index in [-0.39, 0.29) is 0 Å². The van der Waals surface area contributed by atoms with Crippen molar-refractivity contribution in [1.82, 2.24) is 9.97 Å². The molecule has 0 saturated carbocycles. The first-order valence-electron chi connectivity index (χ1n) is 7.16. The van der Waals surface area contributed by atoms with E-state index in [1.807, 2.05) is 12.3 Å². The molecule has 2 rings (SSSR count). The predicted octanol–water partition coefficient (Wildman–Crippen LogP) is 3.68. The molecule has 19 heavy (non-hydrogen) atoms. The number of aliphatic hydroxyl groups is 1. The molecule has 1 unspecified atom stereocenters. The highest BCUT2D eigenvalue weighted by molar-refractivity contribution is 5.79. The monoisotopic (exact) mass is 260 g/mol. The number of hydrogen-bond donors (Lipinski definition) is 2. The lowest BCUT2D eigenvalue weighted by molar-refractivity contribution is 0.0102. The molecule has 0 bridgehead atoms. The van der Waals surface area contributed by atoms with E-state index in [2.05, 4.69) is 36.8 Å². The molecule has 0 aliphatic carbocycles. The van der Waals surface area contributed by atoms with Crippen molar-refractivity contribution < 1.29 is 5.11 Å². The molecule has 104 valence electrons. The Labute approximate surface area is 115 Å². The number of aromatic nitrogens is 2. The summed E-state index contributed by atoms with van der Waals surface area (Å²) in [6.45, 7) is 6.45. The Morgan fingerprint density at radius 3 is 2.84 bits per heavy atom. The van der Waals surface area contributed by atoms with Gasteiger partial charge in [-0.3, -0.25) is 4.98 Å². The highest BCUT2D eigenvalue weighted by atomic mass is 16.3. The fourth-order valence-electron chi connectivity index (χ4n) is 2.97. The number of rotatable bonds is 6. The van der Waals surface area contributed by atoms with Gasteiger partial charge >= 0.3 is 0 Å². The van der Waals surface area contributed by atoms with E-state index in [0.717, 1.165) is 35.9 Å². The molecule has 2 aromatic rings. The van der Waals surface area contributed by atoms with E-state index in [9.17, 15) is 5.11 Å². The van der Waals surface area contributed by atoms with Crippen LogP contribution in [0.3, 0.4) is 0 Å². The van der Waals surface area contributed by atoms with Crippen LogP contribution in [-0.2, 0) is 6.42 Å². The van der Waals surface area contributed by atoms with Gasteiger partial charge in [-0.15, -0.1) is 0 Å². The molecule has 0 radical (unpaired) electrons. The summed E-state index contributed by atoms with van der Waals surface area (Å²) in [5.74, 6) is 0.502. The Bertz CT molecular complexity index is 499. The second kappa shape index (κ2) is 5.74. The molecule has 3 heteroatoms. The third kappa shape index (κ3) is 3.57. The van der Waals surface area contributed by atoms with E-state index >= 15 is 0 Å². The Morgan fingerprint density at radius 1 is 1.42 bits per heavy atom. The first-order valence-corrected chi connectivity index (χ1v) is 7.16. The second-order valence-corrected chi connectivity index (χ2v) is 6.01. The molecule has 0 aliphatic heterocycles. The van der Waals surface area contributed by atoms with Gasteiger partial charge in [0.2, 0.25) is 0 Å². The lowest BCUT2D eigenvalue weighted by Crippen LogP contribution is -2.33. The van der Waals surface area contributed by atoms with Gasteiger partial charge in [-0.1, -0.05) is 27.2 Å². The van der Waals surface area contributed by atoms with E-state index in [4.69, 9.17) is 0 Å². The largest absolute Gasteiger partial charge is 0.389 e. The molecule has 0 saturated heterocycles. The summed E-state index contributed by atoms with van der Waals surface area (Å²) in [5, 5.41) is 11.9. The quantitative estimate of drug-likeness (QED) is 0.832. The lowest BCUT2D eigenvalue weighted by atomic mass is 9.84. The summed E-state index contributed by atoms with van der Waals surface area (Å²) >= 11 is 0. The van der Waals surface area contributed by atoms with Gasteiger partial charge in [0.15, 0.2) is 0 Å². The van der Waals surface area contributed by atoms with Gasteiger partial charge in [0.25, 0.3) is 0 Å². The molecule has 2 heterocycles. The van der Waals surface area contributed by atoms with Gasteiger partial charge in [-0.25, -0.2) is 0 Å². The summed E-state index contributed by atoms with van der Waals surface area (Å²) in [6, 6.07) is 4.07. The number of nitrogens with one attached hydrogen (secondary N) is 1. The average molecular weight is 260 g/mol. The van der Waals surface area contributed by atoms with Gasteiger partial charge in [0.05, 0.1) is 5.60 Å². The molecular formula is C16H24N2O. The molecule has 0 aliphatic rings. The third-order valence-electron chi connectivity index (χ3n) is 3.50. The minimum atomic E-state index is -0.600. The van der Waals surface area contributed by atoms with E-state index in [1.54, 1.807) is 6.20 Å². The van der Waals surface area contributed by atoms with Crippen LogP contribution in [0.5, 0.6) is 0 Å². The van der Waals surface area contributed by atoms with Crippen LogP contribution in [0.1, 0.15) is 45.7 Å². The molecule has 2 N–H and O–H groups in total. The van der Waals surface area contributed by atoms with Crippen molar-refractivity contribution in [2.24, 2.45) is 5.92 Å². The maximum absolute atomic E-state index is 10.8. The van der Waals surface area contributed by atoms with Crippen molar-refractivity contribution in [2.45, 2.75) is 52.1 Å². The van der Waals surface area contributed by atoms with Crippen LogP contribution in [0.2, 0.25) is 0 Å². The number of pyridine rings is 1. The Morgan fingerprint density at radius 2 is 2.21 bits per heavy atom. The zero-order valence-corrected chi connectivity index (χ0v) is 12.1. The van der Waals surface area contributed by atoms with Crippen LogP contribution in [0.15, 0.2) is 24.5 Å². The summed E-state index contributed by atoms with van der Waals surface area (Å²) in [7, 11) is 0. The third-order valence-corrected chi connectivity index (χ3v) is 3.50. The summed E-state index contributed by atoms with van der Waals surface area (Å²) < 4.78 is 0. The van der Waals surface area contributed by atoms with Crippen molar-refractivity contribution >= 4 is 10.9 Å². The summed E-state index contributed by atoms with van der Waals surface area (Å²) in [6.07, 6.45) is 7.03. The van der Waals surface area contributed by atoms with Gasteiger partial charge in [-0.05, 0) is 30.9 Å². The van der Waals surface area contributed by atoms with Crippen LogP contribution < -0.4 is 0 Å². The van der Waals surface area contributed by atoms with Crippen molar-refractivity contribution in [3.8, 4) is 0 Å². The van der Waals surface area contributed by atoms with Crippen LogP contribution in [0.4, 0.5) is 0 Å². The molecule has 3 nitrogen and oxygen atoms in total.